The molecule has 0 atom stereocenters. The van der Waals surface area contributed by atoms with Gasteiger partial charge >= 0.3 is 18.9 Å². The van der Waals surface area contributed by atoms with Gasteiger partial charge in [-0.05, 0) is 85.1 Å². The molecule has 0 spiro atoms. The van der Waals surface area contributed by atoms with Gasteiger partial charge in [0.25, 0.3) is 5.91 Å². The molecular weight excluding hydrogens is 791 g/mol. The Bertz CT molecular complexity index is 2510. The number of hydrogen-bond donors (Lipinski definition) is 2. The summed E-state index contributed by atoms with van der Waals surface area (Å²) in [7, 11) is 7.10. The molecule has 0 radical (unpaired) electrons. The van der Waals surface area contributed by atoms with Crippen LogP contribution in [0.25, 0.3) is 11.0 Å². The van der Waals surface area contributed by atoms with E-state index in [1.807, 2.05) is 25.2 Å². The molecule has 1 amide bonds. The minimum atomic E-state index is -1.32. The maximum atomic E-state index is 14.9. The third-order valence-corrected chi connectivity index (χ3v) is 11.0. The van der Waals surface area contributed by atoms with Crippen LogP contribution in [-0.2, 0) is 68.3 Å². The first kappa shape index (κ1) is 44.6. The summed E-state index contributed by atoms with van der Waals surface area (Å²) < 4.78 is 42.8. The number of H-pyrrole nitrogens is 1. The largest absolute Gasteiger partial charge is 1.00 e. The smallest absolute Gasteiger partial charge is 0.545 e. The van der Waals surface area contributed by atoms with E-state index in [9.17, 15) is 23.5 Å². The molecule has 6 heterocycles. The van der Waals surface area contributed by atoms with Crippen molar-refractivity contribution in [3.05, 3.63) is 133 Å². The number of aromatic amines is 1. The zero-order valence-corrected chi connectivity index (χ0v) is 35.0. The Hall–Kier alpha value is -4.92. The monoisotopic (exact) mass is 835 g/mol. The number of pyridine rings is 1. The molecule has 18 heteroatoms. The summed E-state index contributed by atoms with van der Waals surface area (Å²) in [5.74, 6) is -2.17. The molecule has 2 aromatic carbocycles. The molecule has 0 bridgehead atoms. The third-order valence-electron chi connectivity index (χ3n) is 10.7. The van der Waals surface area contributed by atoms with Crippen molar-refractivity contribution >= 4 is 34.5 Å². The molecule has 14 nitrogen and oxygen atoms in total. The van der Waals surface area contributed by atoms with Crippen molar-refractivity contribution in [3.63, 3.8) is 0 Å². The quantitative estimate of drug-likeness (QED) is 0.172. The van der Waals surface area contributed by atoms with Crippen molar-refractivity contribution < 1.29 is 51.8 Å². The van der Waals surface area contributed by atoms with E-state index in [1.165, 1.54) is 24.2 Å². The number of carboxylic acids is 1. The van der Waals surface area contributed by atoms with Gasteiger partial charge in [-0.1, -0.05) is 11.6 Å². The standard InChI is InChI=1S/C25H26ClFN6O2.C17H20FN3O3.Li/c1-32-4-3-16-7-22(27)18(6-17(16)12-32)13-33-23(14-35-2)20(10-31-33)25(34)30-9-15-5-19-21(26)11-29-24(19)28-8-15;1-20-4-3-11-6-15(18)13(5-12(11)8-20)9-21-16(10-24-2)14(7-19-21)17(22)23;/h5-8,10-11H,3-4,9,12-14H2,1-2H3,(H,28,29)(H,30,34);5-7H,3-4,8-10H2,1-2H3,(H,22,23);/q;;+1/p-1. The second-order valence-corrected chi connectivity index (χ2v) is 15.3. The van der Waals surface area contributed by atoms with Gasteiger partial charge in [0.15, 0.2) is 0 Å². The normalized spacial score (nSPS) is 13.9. The third kappa shape index (κ3) is 9.98. The molecule has 310 valence electrons. The molecule has 8 rings (SSSR count). The number of rotatable bonds is 12. The van der Waals surface area contributed by atoms with E-state index in [1.54, 1.807) is 36.3 Å². The average molecular weight is 836 g/mol. The fourth-order valence-corrected chi connectivity index (χ4v) is 7.73. The van der Waals surface area contributed by atoms with Gasteiger partial charge in [0.2, 0.25) is 0 Å². The van der Waals surface area contributed by atoms with Crippen LogP contribution in [0, 0.1) is 11.6 Å². The molecule has 2 aliphatic rings. The van der Waals surface area contributed by atoms with Crippen molar-refractivity contribution in [1.29, 1.82) is 0 Å². The molecule has 0 aliphatic carbocycles. The summed E-state index contributed by atoms with van der Waals surface area (Å²) in [6, 6.07) is 8.85. The SMILES string of the molecule is COCc1c(C(=O)NCc2cnc3[nH]cc(Cl)c3c2)cnn1Cc1cc2c(cc1F)CCN(C)C2.COCc1c(C(=O)[O-])cnn1Cc1cc2c(cc1F)CCN(C)C2.[Li+]. The van der Waals surface area contributed by atoms with Crippen LogP contribution in [0.2, 0.25) is 5.02 Å². The second-order valence-electron chi connectivity index (χ2n) is 14.9. The Morgan fingerprint density at radius 1 is 0.817 bits per heavy atom. The fourth-order valence-electron chi connectivity index (χ4n) is 7.53. The van der Waals surface area contributed by atoms with Crippen molar-refractivity contribution in [2.75, 3.05) is 41.4 Å². The van der Waals surface area contributed by atoms with E-state index in [4.69, 9.17) is 21.1 Å². The first-order valence-corrected chi connectivity index (χ1v) is 19.5. The van der Waals surface area contributed by atoms with Crippen LogP contribution in [0.3, 0.4) is 0 Å². The summed E-state index contributed by atoms with van der Waals surface area (Å²) in [5.41, 5.74) is 8.13. The van der Waals surface area contributed by atoms with Crippen molar-refractivity contribution in [3.8, 4) is 0 Å². The van der Waals surface area contributed by atoms with Gasteiger partial charge < -0.3 is 39.5 Å². The molecular formula is C42H45ClF2LiN9O5. The maximum absolute atomic E-state index is 14.9. The summed E-state index contributed by atoms with van der Waals surface area (Å²) in [4.78, 5) is 35.9. The Morgan fingerprint density at radius 2 is 1.35 bits per heavy atom. The summed E-state index contributed by atoms with van der Waals surface area (Å²) >= 11 is 6.17. The fraction of sp³-hybridized carbons (Fsp3) is 0.357. The van der Waals surface area contributed by atoms with Crippen LogP contribution >= 0.6 is 11.6 Å². The maximum Gasteiger partial charge on any atom is 1.00 e. The van der Waals surface area contributed by atoms with Gasteiger partial charge in [-0.25, -0.2) is 13.8 Å². The summed E-state index contributed by atoms with van der Waals surface area (Å²) in [6.07, 6.45) is 7.74. The van der Waals surface area contributed by atoms with Gasteiger partial charge in [0.1, 0.15) is 17.3 Å². The van der Waals surface area contributed by atoms with Crippen LogP contribution in [0.5, 0.6) is 0 Å². The number of nitrogens with zero attached hydrogens (tertiary/aromatic N) is 7. The molecule has 0 unspecified atom stereocenters. The van der Waals surface area contributed by atoms with E-state index in [0.29, 0.717) is 38.7 Å². The van der Waals surface area contributed by atoms with Gasteiger partial charge in [0.05, 0.1) is 66.6 Å². The van der Waals surface area contributed by atoms with E-state index in [0.717, 1.165) is 72.2 Å². The number of benzene rings is 2. The van der Waals surface area contributed by atoms with Crippen molar-refractivity contribution in [1.82, 2.24) is 44.6 Å². The second kappa shape index (κ2) is 19.6. The summed E-state index contributed by atoms with van der Waals surface area (Å²) in [5, 5.41) is 23.9. The number of methoxy groups -OCH3 is 2. The van der Waals surface area contributed by atoms with E-state index >= 15 is 0 Å². The minimum absolute atomic E-state index is 0. The topological polar surface area (TPSA) is 158 Å². The average Bonchev–Trinajstić information content (AvgIpc) is 3.92. The van der Waals surface area contributed by atoms with Gasteiger partial charge in [-0.2, -0.15) is 10.2 Å². The number of aromatic carboxylic acids is 1. The van der Waals surface area contributed by atoms with Crippen LogP contribution in [0.4, 0.5) is 8.78 Å². The molecule has 2 N–H and O–H groups in total. The first-order chi connectivity index (χ1) is 28.4. The minimum Gasteiger partial charge on any atom is -0.545 e. The zero-order chi connectivity index (χ0) is 41.8. The van der Waals surface area contributed by atoms with Gasteiger partial charge in [-0.15, -0.1) is 0 Å². The number of hydrogen-bond acceptors (Lipinski definition) is 10. The van der Waals surface area contributed by atoms with Crippen LogP contribution < -0.4 is 29.3 Å². The Balaban J connectivity index is 0.000000212. The Labute approximate surface area is 363 Å². The van der Waals surface area contributed by atoms with Crippen LogP contribution in [0.15, 0.2) is 55.1 Å². The van der Waals surface area contributed by atoms with E-state index < -0.39 is 5.97 Å². The van der Waals surface area contributed by atoms with Crippen molar-refractivity contribution in [2.45, 2.75) is 58.8 Å². The Morgan fingerprint density at radius 3 is 1.88 bits per heavy atom. The Kier molecular flexibility index (Phi) is 14.6. The predicted octanol–water partition coefficient (Wildman–Crippen LogP) is 1.24. The number of carboxylic acid groups (broad SMARTS) is 1. The number of amides is 1. The van der Waals surface area contributed by atoms with Gasteiger partial charge in [-0.3, -0.25) is 14.2 Å². The van der Waals surface area contributed by atoms with Crippen LogP contribution in [-0.4, -0.2) is 92.6 Å². The molecule has 0 saturated carbocycles. The number of likely N-dealkylation sites (N-methyl/N-ethyl adjacent to an activating group) is 2. The molecule has 0 fully saturated rings. The number of halogens is 3. The van der Waals surface area contributed by atoms with Crippen LogP contribution in [0.1, 0.15) is 71.0 Å². The molecule has 0 saturated heterocycles. The van der Waals surface area contributed by atoms with E-state index in [-0.39, 0.29) is 74.8 Å². The molecule has 4 aromatic heterocycles. The molecule has 6 aromatic rings. The van der Waals surface area contributed by atoms with E-state index in [2.05, 4.69) is 42.3 Å². The number of aromatic nitrogens is 6. The molecule has 60 heavy (non-hydrogen) atoms. The number of carbonyl (C=O) groups excluding carboxylic acids is 2. The number of nitrogens with one attached hydrogen (secondary N) is 2. The number of fused-ring (bicyclic) bond motifs is 3. The molecule has 2 aliphatic heterocycles. The predicted molar refractivity (Wildman–Crippen MR) is 214 cm³/mol. The van der Waals surface area contributed by atoms with Crippen molar-refractivity contribution in [2.24, 2.45) is 0 Å². The first-order valence-electron chi connectivity index (χ1n) is 19.1. The number of carbonyl (C=O) groups is 2. The van der Waals surface area contributed by atoms with Gasteiger partial charge in [0, 0.05) is 81.4 Å². The zero-order valence-electron chi connectivity index (χ0n) is 34.3. The number of ether oxygens (including phenoxy) is 2. The summed E-state index contributed by atoms with van der Waals surface area (Å²) in [6.45, 7) is 4.26.